The highest BCUT2D eigenvalue weighted by atomic mass is 32.2. The van der Waals surface area contributed by atoms with Crippen LogP contribution in [0, 0.1) is 0 Å². The molecule has 0 unspecified atom stereocenters. The Hall–Kier alpha value is -1.45. The second-order valence-electron chi connectivity index (χ2n) is 4.55. The minimum absolute atomic E-state index is 0.527. The van der Waals surface area contributed by atoms with Crippen LogP contribution in [0.25, 0.3) is 0 Å². The largest absolute Gasteiger partial charge is 0.493 e. The lowest BCUT2D eigenvalue weighted by atomic mass is 10.2. The van der Waals surface area contributed by atoms with Crippen molar-refractivity contribution in [2.75, 3.05) is 12.4 Å². The Bertz CT molecular complexity index is 501. The zero-order chi connectivity index (χ0) is 14.0. The van der Waals surface area contributed by atoms with Crippen molar-refractivity contribution in [1.82, 2.24) is 0 Å². The molecule has 0 saturated carbocycles. The molecular weight excluding hydrogens is 266 g/mol. The van der Waals surface area contributed by atoms with E-state index in [2.05, 4.69) is 30.3 Å². The topological polar surface area (TPSA) is 35.2 Å². The van der Waals surface area contributed by atoms with E-state index >= 15 is 0 Å². The smallest absolute Gasteiger partial charge is 0.123 e. The molecule has 0 amide bonds. The average molecular weight is 287 g/mol. The molecule has 3 heteroatoms. The van der Waals surface area contributed by atoms with Gasteiger partial charge in [0.1, 0.15) is 5.75 Å². The van der Waals surface area contributed by atoms with Gasteiger partial charge in [0, 0.05) is 17.9 Å². The summed E-state index contributed by atoms with van der Waals surface area (Å²) in [5, 5.41) is 0. The van der Waals surface area contributed by atoms with Gasteiger partial charge in [0.25, 0.3) is 0 Å². The zero-order valence-electron chi connectivity index (χ0n) is 11.6. The Morgan fingerprint density at radius 1 is 0.950 bits per heavy atom. The van der Waals surface area contributed by atoms with Crippen molar-refractivity contribution in [3.63, 3.8) is 0 Å². The van der Waals surface area contributed by atoms with Crippen LogP contribution in [0.2, 0.25) is 0 Å². The molecule has 0 atom stereocenters. The molecule has 0 aliphatic heterocycles. The molecule has 0 aromatic heterocycles. The minimum Gasteiger partial charge on any atom is -0.493 e. The molecule has 0 aliphatic rings. The van der Waals surface area contributed by atoms with Crippen LogP contribution in [0.5, 0.6) is 5.75 Å². The van der Waals surface area contributed by atoms with Crippen molar-refractivity contribution < 1.29 is 4.74 Å². The Kier molecular flexibility index (Phi) is 6.48. The summed E-state index contributed by atoms with van der Waals surface area (Å²) in [7, 11) is 0. The van der Waals surface area contributed by atoms with Gasteiger partial charge in [0.2, 0.25) is 0 Å². The number of hydrogen-bond acceptors (Lipinski definition) is 3. The second-order valence-corrected chi connectivity index (χ2v) is 5.66. The molecule has 0 heterocycles. The van der Waals surface area contributed by atoms with Crippen molar-refractivity contribution in [2.45, 2.75) is 18.7 Å². The van der Waals surface area contributed by atoms with Crippen LogP contribution in [0.4, 0.5) is 0 Å². The van der Waals surface area contributed by atoms with Gasteiger partial charge in [-0.05, 0) is 23.8 Å². The van der Waals surface area contributed by atoms with Gasteiger partial charge in [0.15, 0.2) is 0 Å². The van der Waals surface area contributed by atoms with Gasteiger partial charge in [-0.1, -0.05) is 48.5 Å². The van der Waals surface area contributed by atoms with Crippen LogP contribution in [-0.4, -0.2) is 12.4 Å². The summed E-state index contributed by atoms with van der Waals surface area (Å²) in [6.45, 7) is 1.28. The van der Waals surface area contributed by atoms with E-state index < -0.39 is 0 Å². The number of thioether (sulfide) groups is 1. The van der Waals surface area contributed by atoms with E-state index in [0.29, 0.717) is 6.54 Å². The quantitative estimate of drug-likeness (QED) is 0.749. The summed E-state index contributed by atoms with van der Waals surface area (Å²) in [6, 6.07) is 18.5. The van der Waals surface area contributed by atoms with Gasteiger partial charge < -0.3 is 10.5 Å². The predicted molar refractivity (Wildman–Crippen MR) is 87.0 cm³/mol. The monoisotopic (exact) mass is 287 g/mol. The molecular formula is C17H21NOS. The Morgan fingerprint density at radius 3 is 2.50 bits per heavy atom. The summed E-state index contributed by atoms with van der Waals surface area (Å²) in [5.74, 6) is 3.10. The standard InChI is InChI=1S/C17H21NOS/c18-13-16-9-4-5-10-17(16)19-11-6-12-20-14-15-7-2-1-3-8-15/h1-5,7-10H,6,11-14,18H2. The van der Waals surface area contributed by atoms with E-state index in [1.807, 2.05) is 36.0 Å². The van der Waals surface area contributed by atoms with Gasteiger partial charge in [-0.15, -0.1) is 0 Å². The van der Waals surface area contributed by atoms with Crippen molar-refractivity contribution in [1.29, 1.82) is 0 Å². The second kappa shape index (κ2) is 8.67. The van der Waals surface area contributed by atoms with Crippen molar-refractivity contribution in [3.8, 4) is 5.75 Å². The summed E-state index contributed by atoms with van der Waals surface area (Å²) in [4.78, 5) is 0. The molecule has 0 spiro atoms. The van der Waals surface area contributed by atoms with Gasteiger partial charge in [0.05, 0.1) is 6.61 Å². The number of ether oxygens (including phenoxy) is 1. The molecule has 2 nitrogen and oxygen atoms in total. The molecule has 2 rings (SSSR count). The molecule has 106 valence electrons. The Balaban J connectivity index is 1.62. The van der Waals surface area contributed by atoms with Crippen LogP contribution in [0.3, 0.4) is 0 Å². The Morgan fingerprint density at radius 2 is 1.70 bits per heavy atom. The van der Waals surface area contributed by atoms with E-state index in [0.717, 1.165) is 35.8 Å². The first kappa shape index (κ1) is 14.9. The molecule has 2 aromatic carbocycles. The normalized spacial score (nSPS) is 10.4. The highest BCUT2D eigenvalue weighted by Crippen LogP contribution is 2.18. The molecule has 20 heavy (non-hydrogen) atoms. The van der Waals surface area contributed by atoms with Gasteiger partial charge in [-0.25, -0.2) is 0 Å². The van der Waals surface area contributed by atoms with Crippen LogP contribution >= 0.6 is 11.8 Å². The zero-order valence-corrected chi connectivity index (χ0v) is 12.4. The summed E-state index contributed by atoms with van der Waals surface area (Å²) < 4.78 is 5.79. The predicted octanol–water partition coefficient (Wildman–Crippen LogP) is 3.85. The van der Waals surface area contributed by atoms with Crippen LogP contribution in [-0.2, 0) is 12.3 Å². The summed E-state index contributed by atoms with van der Waals surface area (Å²) in [6.07, 6.45) is 1.05. The van der Waals surface area contributed by atoms with E-state index in [-0.39, 0.29) is 0 Å². The molecule has 0 radical (unpaired) electrons. The van der Waals surface area contributed by atoms with Crippen LogP contribution in [0.15, 0.2) is 54.6 Å². The van der Waals surface area contributed by atoms with E-state index in [4.69, 9.17) is 10.5 Å². The number of rotatable bonds is 8. The first-order chi connectivity index (χ1) is 9.90. The minimum atomic E-state index is 0.527. The summed E-state index contributed by atoms with van der Waals surface area (Å²) in [5.41, 5.74) is 8.14. The highest BCUT2D eigenvalue weighted by Gasteiger charge is 2.00. The lowest BCUT2D eigenvalue weighted by Crippen LogP contribution is -2.04. The third-order valence-corrected chi connectivity index (χ3v) is 4.11. The number of nitrogens with two attached hydrogens (primary N) is 1. The molecule has 2 aromatic rings. The molecule has 0 saturated heterocycles. The average Bonchev–Trinajstić information content (AvgIpc) is 2.52. The summed E-state index contributed by atoms with van der Waals surface area (Å²) >= 11 is 1.95. The SMILES string of the molecule is NCc1ccccc1OCCCSCc1ccccc1. The lowest BCUT2D eigenvalue weighted by molar-refractivity contribution is 0.315. The third-order valence-electron chi connectivity index (χ3n) is 2.99. The fourth-order valence-corrected chi connectivity index (χ4v) is 2.82. The van der Waals surface area contributed by atoms with Crippen molar-refractivity contribution in [3.05, 3.63) is 65.7 Å². The maximum Gasteiger partial charge on any atom is 0.123 e. The van der Waals surface area contributed by atoms with Gasteiger partial charge in [-0.3, -0.25) is 0 Å². The Labute approximate surface area is 125 Å². The molecule has 0 fully saturated rings. The van der Waals surface area contributed by atoms with E-state index in [1.165, 1.54) is 5.56 Å². The number of benzene rings is 2. The first-order valence-electron chi connectivity index (χ1n) is 6.92. The van der Waals surface area contributed by atoms with Gasteiger partial charge >= 0.3 is 0 Å². The number of para-hydroxylation sites is 1. The van der Waals surface area contributed by atoms with Gasteiger partial charge in [-0.2, -0.15) is 11.8 Å². The lowest BCUT2D eigenvalue weighted by Gasteiger charge is -2.09. The molecule has 2 N–H and O–H groups in total. The maximum atomic E-state index is 5.79. The van der Waals surface area contributed by atoms with E-state index in [9.17, 15) is 0 Å². The number of hydrogen-bond donors (Lipinski definition) is 1. The fourth-order valence-electron chi connectivity index (χ4n) is 1.92. The first-order valence-corrected chi connectivity index (χ1v) is 8.08. The third kappa shape index (κ3) is 4.91. The fraction of sp³-hybridized carbons (Fsp3) is 0.294. The molecule has 0 aliphatic carbocycles. The van der Waals surface area contributed by atoms with Crippen LogP contribution in [0.1, 0.15) is 17.5 Å². The van der Waals surface area contributed by atoms with E-state index in [1.54, 1.807) is 0 Å². The van der Waals surface area contributed by atoms with Crippen molar-refractivity contribution >= 4 is 11.8 Å². The highest BCUT2D eigenvalue weighted by molar-refractivity contribution is 7.98. The molecule has 0 bridgehead atoms. The van der Waals surface area contributed by atoms with Crippen LogP contribution < -0.4 is 10.5 Å². The van der Waals surface area contributed by atoms with Crippen molar-refractivity contribution in [2.24, 2.45) is 5.73 Å². The maximum absolute atomic E-state index is 5.79.